The molecule has 1 aliphatic rings. The molecule has 1 unspecified atom stereocenters. The summed E-state index contributed by atoms with van der Waals surface area (Å²) in [5, 5.41) is 9.78. The number of aromatic amines is 1. The molecule has 1 saturated heterocycles. The van der Waals surface area contributed by atoms with Crippen molar-refractivity contribution in [3.63, 3.8) is 0 Å². The van der Waals surface area contributed by atoms with Crippen molar-refractivity contribution in [1.29, 1.82) is 0 Å². The fraction of sp³-hybridized carbons (Fsp3) is 0.474. The summed E-state index contributed by atoms with van der Waals surface area (Å²) in [5.41, 5.74) is 0.491. The number of hydrogen-bond acceptors (Lipinski definition) is 5. The van der Waals surface area contributed by atoms with Crippen LogP contribution in [0, 0.1) is 4.77 Å². The second kappa shape index (κ2) is 9.01. The second-order valence-electron chi connectivity index (χ2n) is 6.63. The first-order valence-electron chi connectivity index (χ1n) is 9.43. The number of carbonyl (C=O) groups is 2. The van der Waals surface area contributed by atoms with Crippen LogP contribution < -0.4 is 10.1 Å². The molecule has 150 valence electrons. The predicted molar refractivity (Wildman–Crippen MR) is 107 cm³/mol. The Labute approximate surface area is 168 Å². The number of likely N-dealkylation sites (tertiary alicyclic amines) is 1. The van der Waals surface area contributed by atoms with Gasteiger partial charge in [-0.2, -0.15) is 5.10 Å². The molecule has 1 aromatic carbocycles. The van der Waals surface area contributed by atoms with E-state index in [1.165, 1.54) is 0 Å². The lowest BCUT2D eigenvalue weighted by Crippen LogP contribution is -2.46. The lowest BCUT2D eigenvalue weighted by molar-refractivity contribution is -0.124. The van der Waals surface area contributed by atoms with Gasteiger partial charge in [-0.05, 0) is 44.1 Å². The summed E-state index contributed by atoms with van der Waals surface area (Å²) < 4.78 is 7.89. The molecule has 1 aromatic heterocycles. The highest BCUT2D eigenvalue weighted by molar-refractivity contribution is 7.71. The monoisotopic (exact) mass is 403 g/mol. The molecule has 0 saturated carbocycles. The molecular formula is C19H25N5O3S. The minimum atomic E-state index is -0.468. The number of amides is 2. The van der Waals surface area contributed by atoms with E-state index in [9.17, 15) is 9.59 Å². The summed E-state index contributed by atoms with van der Waals surface area (Å²) in [4.78, 5) is 27.4. The first-order chi connectivity index (χ1) is 13.5. The molecule has 1 aliphatic heterocycles. The van der Waals surface area contributed by atoms with E-state index >= 15 is 0 Å². The smallest absolute Gasteiger partial charge is 0.258 e. The first-order valence-corrected chi connectivity index (χ1v) is 9.84. The van der Waals surface area contributed by atoms with Crippen LogP contribution in [0.4, 0.5) is 0 Å². The van der Waals surface area contributed by atoms with Gasteiger partial charge in [0.25, 0.3) is 5.91 Å². The fourth-order valence-electron chi connectivity index (χ4n) is 3.38. The Morgan fingerprint density at radius 1 is 1.39 bits per heavy atom. The summed E-state index contributed by atoms with van der Waals surface area (Å²) in [5.74, 6) is 1.01. The maximum absolute atomic E-state index is 13.0. The summed E-state index contributed by atoms with van der Waals surface area (Å²) in [6.45, 7) is 3.35. The van der Waals surface area contributed by atoms with Gasteiger partial charge in [-0.3, -0.25) is 14.7 Å². The largest absolute Gasteiger partial charge is 0.493 e. The van der Waals surface area contributed by atoms with Gasteiger partial charge in [-0.15, -0.1) is 0 Å². The number of aromatic nitrogens is 3. The molecule has 3 rings (SSSR count). The topological polar surface area (TPSA) is 92.2 Å². The van der Waals surface area contributed by atoms with E-state index in [-0.39, 0.29) is 11.8 Å². The standard InChI is InChI=1S/C19H25N5O3S/c1-3-27-15-9-5-4-7-13(15)18(26)24-12-6-8-14(24)17(25)20-11-10-16-21-22-19(28)23(16)2/h4-5,7,9,14H,3,6,8,10-12H2,1-2H3,(H,20,25)(H,22,28). The van der Waals surface area contributed by atoms with Gasteiger partial charge in [0.05, 0.1) is 12.2 Å². The Morgan fingerprint density at radius 2 is 2.18 bits per heavy atom. The van der Waals surface area contributed by atoms with Crippen LogP contribution in [0.3, 0.4) is 0 Å². The van der Waals surface area contributed by atoms with Crippen LogP contribution in [0.25, 0.3) is 0 Å². The van der Waals surface area contributed by atoms with E-state index in [1.807, 2.05) is 20.0 Å². The molecule has 9 heteroatoms. The van der Waals surface area contributed by atoms with Crippen molar-refractivity contribution in [2.75, 3.05) is 19.7 Å². The van der Waals surface area contributed by atoms with Crippen LogP contribution in [0.2, 0.25) is 0 Å². The van der Waals surface area contributed by atoms with Crippen molar-refractivity contribution in [1.82, 2.24) is 25.0 Å². The fourth-order valence-corrected chi connectivity index (χ4v) is 3.53. The van der Waals surface area contributed by atoms with Gasteiger partial charge in [0.1, 0.15) is 17.6 Å². The zero-order valence-electron chi connectivity index (χ0n) is 16.1. The molecule has 0 radical (unpaired) electrons. The van der Waals surface area contributed by atoms with Crippen LogP contribution in [0.5, 0.6) is 5.75 Å². The molecule has 1 atom stereocenters. The number of benzene rings is 1. The molecule has 2 heterocycles. The second-order valence-corrected chi connectivity index (χ2v) is 7.02. The molecule has 28 heavy (non-hydrogen) atoms. The molecule has 2 amide bonds. The highest BCUT2D eigenvalue weighted by atomic mass is 32.1. The number of H-pyrrole nitrogens is 1. The summed E-state index contributed by atoms with van der Waals surface area (Å²) in [7, 11) is 1.83. The van der Waals surface area contributed by atoms with Gasteiger partial charge >= 0.3 is 0 Å². The third kappa shape index (κ3) is 4.24. The molecule has 0 spiro atoms. The lowest BCUT2D eigenvalue weighted by Gasteiger charge is -2.25. The van der Waals surface area contributed by atoms with Gasteiger partial charge in [0, 0.05) is 26.6 Å². The van der Waals surface area contributed by atoms with Crippen molar-refractivity contribution in [2.24, 2.45) is 7.05 Å². The van der Waals surface area contributed by atoms with Gasteiger partial charge in [-0.1, -0.05) is 12.1 Å². The molecule has 0 bridgehead atoms. The SMILES string of the molecule is CCOc1ccccc1C(=O)N1CCCC1C(=O)NCCc1n[nH]c(=S)n1C. The Balaban J connectivity index is 1.63. The number of carbonyl (C=O) groups excluding carboxylic acids is 2. The zero-order valence-corrected chi connectivity index (χ0v) is 16.9. The van der Waals surface area contributed by atoms with Gasteiger partial charge in [-0.25, -0.2) is 0 Å². The van der Waals surface area contributed by atoms with Crippen LogP contribution in [-0.2, 0) is 18.3 Å². The highest BCUT2D eigenvalue weighted by Crippen LogP contribution is 2.25. The van der Waals surface area contributed by atoms with Crippen LogP contribution in [0.15, 0.2) is 24.3 Å². The number of para-hydroxylation sites is 1. The Kier molecular flexibility index (Phi) is 6.45. The average molecular weight is 404 g/mol. The predicted octanol–water partition coefficient (Wildman–Crippen LogP) is 1.84. The first kappa shape index (κ1) is 20.1. The van der Waals surface area contributed by atoms with E-state index in [4.69, 9.17) is 17.0 Å². The zero-order chi connectivity index (χ0) is 20.1. The number of nitrogens with one attached hydrogen (secondary N) is 2. The number of rotatable bonds is 7. The summed E-state index contributed by atoms with van der Waals surface area (Å²) >= 11 is 5.09. The van der Waals surface area contributed by atoms with Crippen LogP contribution >= 0.6 is 12.2 Å². The third-order valence-corrected chi connectivity index (χ3v) is 5.22. The number of nitrogens with zero attached hydrogens (tertiary/aromatic N) is 3. The minimum absolute atomic E-state index is 0.142. The summed E-state index contributed by atoms with van der Waals surface area (Å²) in [6, 6.07) is 6.69. The van der Waals surface area contributed by atoms with E-state index in [0.29, 0.717) is 48.6 Å². The quantitative estimate of drug-likeness (QED) is 0.688. The number of ether oxygens (including phenoxy) is 1. The van der Waals surface area contributed by atoms with Crippen LogP contribution in [-0.4, -0.2) is 57.2 Å². The Morgan fingerprint density at radius 3 is 2.89 bits per heavy atom. The molecule has 1 fully saturated rings. The maximum atomic E-state index is 13.0. The van der Waals surface area contributed by atoms with Gasteiger partial charge in [0.15, 0.2) is 4.77 Å². The third-order valence-electron chi connectivity index (χ3n) is 4.85. The van der Waals surface area contributed by atoms with Gasteiger partial charge in [0.2, 0.25) is 5.91 Å². The van der Waals surface area contributed by atoms with E-state index in [1.54, 1.807) is 27.7 Å². The van der Waals surface area contributed by atoms with Crippen molar-refractivity contribution in [3.05, 3.63) is 40.4 Å². The molecular weight excluding hydrogens is 378 g/mol. The van der Waals surface area contributed by atoms with Crippen molar-refractivity contribution < 1.29 is 14.3 Å². The summed E-state index contributed by atoms with van der Waals surface area (Å²) in [6.07, 6.45) is 2.01. The normalized spacial score (nSPS) is 16.2. The maximum Gasteiger partial charge on any atom is 0.258 e. The lowest BCUT2D eigenvalue weighted by atomic mass is 10.1. The van der Waals surface area contributed by atoms with Crippen molar-refractivity contribution in [3.8, 4) is 5.75 Å². The Hall–Kier alpha value is -2.68. The van der Waals surface area contributed by atoms with Crippen LogP contribution in [0.1, 0.15) is 35.9 Å². The van der Waals surface area contributed by atoms with Crippen molar-refractivity contribution in [2.45, 2.75) is 32.2 Å². The molecule has 2 N–H and O–H groups in total. The van der Waals surface area contributed by atoms with E-state index in [2.05, 4.69) is 15.5 Å². The van der Waals surface area contributed by atoms with Gasteiger partial charge < -0.3 is 19.5 Å². The van der Waals surface area contributed by atoms with E-state index in [0.717, 1.165) is 12.2 Å². The van der Waals surface area contributed by atoms with Crippen molar-refractivity contribution >= 4 is 24.0 Å². The molecule has 8 nitrogen and oxygen atoms in total. The highest BCUT2D eigenvalue weighted by Gasteiger charge is 2.35. The molecule has 0 aliphatic carbocycles. The molecule has 2 aromatic rings. The Bertz CT molecular complexity index is 907. The average Bonchev–Trinajstić information content (AvgIpc) is 3.30. The minimum Gasteiger partial charge on any atom is -0.493 e. The number of hydrogen-bond donors (Lipinski definition) is 2. The van der Waals surface area contributed by atoms with E-state index < -0.39 is 6.04 Å².